The first kappa shape index (κ1) is 16.9. The van der Waals surface area contributed by atoms with Gasteiger partial charge >= 0.3 is 0 Å². The Morgan fingerprint density at radius 3 is 2.60 bits per heavy atom. The molecule has 0 spiro atoms. The Balaban J connectivity index is 1.96. The first-order valence-electron chi connectivity index (χ1n) is 7.75. The summed E-state index contributed by atoms with van der Waals surface area (Å²) in [5, 5.41) is 16.2. The van der Waals surface area contributed by atoms with E-state index in [0.29, 0.717) is 29.9 Å². The number of para-hydroxylation sites is 1. The summed E-state index contributed by atoms with van der Waals surface area (Å²) in [5.41, 5.74) is 2.62. The maximum atomic E-state index is 12.8. The van der Waals surface area contributed by atoms with Crippen LogP contribution < -0.4 is 5.32 Å². The predicted molar refractivity (Wildman–Crippen MR) is 100.0 cm³/mol. The standard InChI is InChI=1S/C19H15BrN4O/c20-16-9-4-5-10-17(16)22-19(25)15-13-24(12-6-11-21)23-18(15)14-7-2-1-3-8-14/h1-5,7-10,13H,6,12H2,(H,22,25). The van der Waals surface area contributed by atoms with Gasteiger partial charge in [-0.1, -0.05) is 42.5 Å². The summed E-state index contributed by atoms with van der Waals surface area (Å²) >= 11 is 3.43. The normalized spacial score (nSPS) is 10.2. The van der Waals surface area contributed by atoms with E-state index < -0.39 is 0 Å². The molecule has 0 aliphatic rings. The zero-order chi connectivity index (χ0) is 17.6. The van der Waals surface area contributed by atoms with Crippen LogP contribution in [0.15, 0.2) is 65.3 Å². The van der Waals surface area contributed by atoms with Crippen molar-refractivity contribution in [3.05, 3.63) is 70.8 Å². The SMILES string of the molecule is N#CCCn1cc(C(=O)Nc2ccccc2Br)c(-c2ccccc2)n1. The van der Waals surface area contributed by atoms with Gasteiger partial charge in [0.25, 0.3) is 5.91 Å². The minimum absolute atomic E-state index is 0.242. The molecule has 1 aromatic heterocycles. The number of rotatable bonds is 5. The third kappa shape index (κ3) is 3.95. The Morgan fingerprint density at radius 2 is 1.88 bits per heavy atom. The number of amides is 1. The van der Waals surface area contributed by atoms with E-state index in [9.17, 15) is 4.79 Å². The molecule has 0 saturated heterocycles. The van der Waals surface area contributed by atoms with Crippen LogP contribution >= 0.6 is 15.9 Å². The highest BCUT2D eigenvalue weighted by molar-refractivity contribution is 9.10. The maximum Gasteiger partial charge on any atom is 0.259 e. The number of halogens is 1. The van der Waals surface area contributed by atoms with Crippen LogP contribution in [0.4, 0.5) is 5.69 Å². The van der Waals surface area contributed by atoms with Crippen molar-refractivity contribution in [1.82, 2.24) is 9.78 Å². The Kier molecular flexibility index (Phi) is 5.26. The van der Waals surface area contributed by atoms with Gasteiger partial charge in [0.15, 0.2) is 0 Å². The third-order valence-corrected chi connectivity index (χ3v) is 4.32. The van der Waals surface area contributed by atoms with Gasteiger partial charge in [0, 0.05) is 16.2 Å². The zero-order valence-electron chi connectivity index (χ0n) is 13.3. The van der Waals surface area contributed by atoms with Crippen molar-refractivity contribution >= 4 is 27.5 Å². The summed E-state index contributed by atoms with van der Waals surface area (Å²) in [6, 6.07) is 19.1. The van der Waals surface area contributed by atoms with Gasteiger partial charge in [-0.2, -0.15) is 10.4 Å². The smallest absolute Gasteiger partial charge is 0.259 e. The Morgan fingerprint density at radius 1 is 1.16 bits per heavy atom. The van der Waals surface area contributed by atoms with Crippen molar-refractivity contribution in [2.24, 2.45) is 0 Å². The van der Waals surface area contributed by atoms with Crippen LogP contribution in [0.2, 0.25) is 0 Å². The summed E-state index contributed by atoms with van der Waals surface area (Å²) in [7, 11) is 0. The summed E-state index contributed by atoms with van der Waals surface area (Å²) in [4.78, 5) is 12.8. The molecule has 1 N–H and O–H groups in total. The van der Waals surface area contributed by atoms with E-state index in [1.54, 1.807) is 10.9 Å². The Hall–Kier alpha value is -2.91. The number of nitrogens with zero attached hydrogens (tertiary/aromatic N) is 3. The lowest BCUT2D eigenvalue weighted by Gasteiger charge is -2.07. The number of hydrogen-bond donors (Lipinski definition) is 1. The molecule has 0 saturated carbocycles. The monoisotopic (exact) mass is 394 g/mol. The molecule has 0 aliphatic heterocycles. The topological polar surface area (TPSA) is 70.7 Å². The molecule has 0 bridgehead atoms. The highest BCUT2D eigenvalue weighted by atomic mass is 79.9. The molecule has 2 aromatic carbocycles. The van der Waals surface area contributed by atoms with Crippen molar-refractivity contribution in [3.8, 4) is 17.3 Å². The summed E-state index contributed by atoms with van der Waals surface area (Å²) < 4.78 is 2.45. The molecule has 0 radical (unpaired) electrons. The number of nitrogens with one attached hydrogen (secondary N) is 1. The lowest BCUT2D eigenvalue weighted by atomic mass is 10.1. The molecule has 5 nitrogen and oxygen atoms in total. The van der Waals surface area contributed by atoms with Crippen LogP contribution in [0.25, 0.3) is 11.3 Å². The van der Waals surface area contributed by atoms with E-state index in [1.165, 1.54) is 0 Å². The minimum Gasteiger partial charge on any atom is -0.321 e. The first-order chi connectivity index (χ1) is 12.2. The highest BCUT2D eigenvalue weighted by Crippen LogP contribution is 2.25. The van der Waals surface area contributed by atoms with Crippen molar-refractivity contribution in [3.63, 3.8) is 0 Å². The fourth-order valence-corrected chi connectivity index (χ4v) is 2.81. The molecule has 0 atom stereocenters. The van der Waals surface area contributed by atoms with Crippen molar-refractivity contribution in [2.75, 3.05) is 5.32 Å². The van der Waals surface area contributed by atoms with E-state index in [1.807, 2.05) is 54.6 Å². The number of carbonyl (C=O) groups excluding carboxylic acids is 1. The molecule has 3 rings (SSSR count). The molecule has 1 heterocycles. The highest BCUT2D eigenvalue weighted by Gasteiger charge is 2.18. The zero-order valence-corrected chi connectivity index (χ0v) is 14.9. The van der Waals surface area contributed by atoms with Crippen LogP contribution in [0.1, 0.15) is 16.8 Å². The molecule has 6 heteroatoms. The molecule has 124 valence electrons. The summed E-state index contributed by atoms with van der Waals surface area (Å²) in [6.45, 7) is 0.443. The van der Waals surface area contributed by atoms with E-state index >= 15 is 0 Å². The van der Waals surface area contributed by atoms with Gasteiger partial charge in [0.1, 0.15) is 5.69 Å². The number of benzene rings is 2. The average Bonchev–Trinajstić information content (AvgIpc) is 3.07. The van der Waals surface area contributed by atoms with Crippen LogP contribution in [0.5, 0.6) is 0 Å². The quantitative estimate of drug-likeness (QED) is 0.693. The maximum absolute atomic E-state index is 12.8. The fourth-order valence-electron chi connectivity index (χ4n) is 2.43. The minimum atomic E-state index is -0.242. The number of nitriles is 1. The fraction of sp³-hybridized carbons (Fsp3) is 0.105. The lowest BCUT2D eigenvalue weighted by Crippen LogP contribution is -2.12. The predicted octanol–water partition coefficient (Wildman–Crippen LogP) is 4.48. The van der Waals surface area contributed by atoms with Gasteiger partial charge < -0.3 is 5.32 Å². The van der Waals surface area contributed by atoms with Gasteiger partial charge in [-0.05, 0) is 28.1 Å². The van der Waals surface area contributed by atoms with E-state index in [0.717, 1.165) is 10.0 Å². The molecule has 3 aromatic rings. The molecule has 0 fully saturated rings. The van der Waals surface area contributed by atoms with Crippen LogP contribution in [-0.2, 0) is 6.54 Å². The van der Waals surface area contributed by atoms with Gasteiger partial charge in [-0.15, -0.1) is 0 Å². The van der Waals surface area contributed by atoms with E-state index in [-0.39, 0.29) is 5.91 Å². The number of hydrogen-bond acceptors (Lipinski definition) is 3. The van der Waals surface area contributed by atoms with E-state index in [4.69, 9.17) is 5.26 Å². The van der Waals surface area contributed by atoms with Crippen LogP contribution in [0.3, 0.4) is 0 Å². The number of carbonyl (C=O) groups is 1. The largest absolute Gasteiger partial charge is 0.321 e. The van der Waals surface area contributed by atoms with E-state index in [2.05, 4.69) is 32.4 Å². The molecule has 0 unspecified atom stereocenters. The van der Waals surface area contributed by atoms with Gasteiger partial charge in [0.2, 0.25) is 0 Å². The molecular formula is C19H15BrN4O. The van der Waals surface area contributed by atoms with Gasteiger partial charge in [0.05, 0.1) is 30.3 Å². The van der Waals surface area contributed by atoms with Crippen molar-refractivity contribution < 1.29 is 4.79 Å². The lowest BCUT2D eigenvalue weighted by molar-refractivity contribution is 0.102. The second kappa shape index (κ2) is 7.77. The van der Waals surface area contributed by atoms with Crippen molar-refractivity contribution in [1.29, 1.82) is 5.26 Å². The molecular weight excluding hydrogens is 380 g/mol. The molecule has 25 heavy (non-hydrogen) atoms. The number of aryl methyl sites for hydroxylation is 1. The molecule has 0 aliphatic carbocycles. The second-order valence-corrected chi connectivity index (χ2v) is 6.22. The van der Waals surface area contributed by atoms with Crippen molar-refractivity contribution in [2.45, 2.75) is 13.0 Å². The van der Waals surface area contributed by atoms with Crippen LogP contribution in [-0.4, -0.2) is 15.7 Å². The van der Waals surface area contributed by atoms with Gasteiger partial charge in [-0.3, -0.25) is 9.48 Å². The Labute approximate surface area is 154 Å². The Bertz CT molecular complexity index is 928. The number of aromatic nitrogens is 2. The van der Waals surface area contributed by atoms with Gasteiger partial charge in [-0.25, -0.2) is 0 Å². The first-order valence-corrected chi connectivity index (χ1v) is 8.54. The second-order valence-electron chi connectivity index (χ2n) is 5.36. The molecule has 1 amide bonds. The number of anilines is 1. The third-order valence-electron chi connectivity index (χ3n) is 3.63. The summed E-state index contributed by atoms with van der Waals surface area (Å²) in [5.74, 6) is -0.242. The average molecular weight is 395 g/mol. The summed E-state index contributed by atoms with van der Waals surface area (Å²) in [6.07, 6.45) is 2.02. The van der Waals surface area contributed by atoms with Crippen LogP contribution in [0, 0.1) is 11.3 Å².